The lowest BCUT2D eigenvalue weighted by molar-refractivity contribution is -0.394. The highest BCUT2D eigenvalue weighted by Crippen LogP contribution is 2.21. The SMILES string of the molecule is O=[N+]([O-])c1nc(Br)n(Cc2cnc(Cl)cc2Cl)n1. The third kappa shape index (κ3) is 2.77. The molecule has 2 aromatic rings. The number of hydrogen-bond acceptors (Lipinski definition) is 5. The van der Waals surface area contributed by atoms with Crippen LogP contribution < -0.4 is 0 Å². The Bertz CT molecular complexity index is 618. The molecule has 7 nitrogen and oxygen atoms in total. The van der Waals surface area contributed by atoms with Gasteiger partial charge in [0.2, 0.25) is 0 Å². The summed E-state index contributed by atoms with van der Waals surface area (Å²) in [5.41, 5.74) is 0.626. The smallest absolute Gasteiger partial charge is 0.390 e. The molecule has 0 aliphatic heterocycles. The average Bonchev–Trinajstić information content (AvgIpc) is 2.64. The van der Waals surface area contributed by atoms with Crippen LogP contribution in [0.4, 0.5) is 5.95 Å². The zero-order chi connectivity index (χ0) is 13.3. The van der Waals surface area contributed by atoms with E-state index in [1.54, 1.807) is 0 Å². The Hall–Kier alpha value is -1.25. The fraction of sp³-hybridized carbons (Fsp3) is 0.125. The summed E-state index contributed by atoms with van der Waals surface area (Å²) < 4.78 is 1.54. The van der Waals surface area contributed by atoms with Gasteiger partial charge in [0.05, 0.1) is 11.6 Å². The molecule has 0 saturated heterocycles. The van der Waals surface area contributed by atoms with Crippen LogP contribution in [0.25, 0.3) is 0 Å². The van der Waals surface area contributed by atoms with Gasteiger partial charge in [-0.1, -0.05) is 23.2 Å². The van der Waals surface area contributed by atoms with Gasteiger partial charge in [0.25, 0.3) is 4.73 Å². The Morgan fingerprint density at radius 1 is 1.50 bits per heavy atom. The Morgan fingerprint density at radius 2 is 2.22 bits per heavy atom. The van der Waals surface area contributed by atoms with Gasteiger partial charge in [-0.3, -0.25) is 0 Å². The number of hydrogen-bond donors (Lipinski definition) is 0. The first-order valence-corrected chi connectivity index (χ1v) is 6.07. The van der Waals surface area contributed by atoms with Crippen molar-refractivity contribution in [3.8, 4) is 0 Å². The predicted octanol–water partition coefficient (Wildman–Crippen LogP) is 2.70. The van der Waals surface area contributed by atoms with Crippen LogP contribution >= 0.6 is 39.1 Å². The number of halogens is 3. The number of pyridine rings is 1. The maximum Gasteiger partial charge on any atom is 0.492 e. The van der Waals surface area contributed by atoms with Gasteiger partial charge in [0, 0.05) is 32.8 Å². The molecule has 0 amide bonds. The molecule has 2 rings (SSSR count). The van der Waals surface area contributed by atoms with Crippen molar-refractivity contribution in [3.05, 3.63) is 42.9 Å². The number of nitro groups is 1. The summed E-state index contributed by atoms with van der Waals surface area (Å²) in [5, 5.41) is 14.9. The third-order valence-electron chi connectivity index (χ3n) is 2.00. The zero-order valence-corrected chi connectivity index (χ0v) is 11.6. The highest BCUT2D eigenvalue weighted by atomic mass is 79.9. The van der Waals surface area contributed by atoms with E-state index in [-0.39, 0.29) is 16.4 Å². The van der Waals surface area contributed by atoms with E-state index in [4.69, 9.17) is 23.2 Å². The van der Waals surface area contributed by atoms with Crippen LogP contribution in [-0.4, -0.2) is 24.7 Å². The monoisotopic (exact) mass is 351 g/mol. The summed E-state index contributed by atoms with van der Waals surface area (Å²) in [6, 6.07) is 1.48. The summed E-state index contributed by atoms with van der Waals surface area (Å²) in [6.45, 7) is 0.199. The molecular formula is C8H4BrCl2N5O2. The normalized spacial score (nSPS) is 10.6. The first-order chi connectivity index (χ1) is 8.47. The highest BCUT2D eigenvalue weighted by Gasteiger charge is 2.20. The minimum Gasteiger partial charge on any atom is -0.390 e. The summed E-state index contributed by atoms with van der Waals surface area (Å²) >= 11 is 14.7. The molecule has 0 unspecified atom stereocenters. The molecule has 0 fully saturated rings. The first-order valence-electron chi connectivity index (χ1n) is 4.52. The van der Waals surface area contributed by atoms with E-state index >= 15 is 0 Å². The van der Waals surface area contributed by atoms with Gasteiger partial charge in [-0.2, -0.15) is 4.68 Å². The van der Waals surface area contributed by atoms with E-state index in [1.807, 2.05) is 0 Å². The molecule has 0 aliphatic rings. The molecule has 18 heavy (non-hydrogen) atoms. The second-order valence-corrected chi connectivity index (χ2v) is 4.70. The average molecular weight is 353 g/mol. The Morgan fingerprint density at radius 3 is 2.78 bits per heavy atom. The van der Waals surface area contributed by atoms with Crippen molar-refractivity contribution in [1.29, 1.82) is 0 Å². The lowest BCUT2D eigenvalue weighted by Gasteiger charge is -2.01. The van der Waals surface area contributed by atoms with Gasteiger partial charge < -0.3 is 10.1 Å². The summed E-state index contributed by atoms with van der Waals surface area (Å²) in [7, 11) is 0. The van der Waals surface area contributed by atoms with Crippen molar-refractivity contribution in [1.82, 2.24) is 19.7 Å². The van der Waals surface area contributed by atoms with Crippen LogP contribution in [0, 0.1) is 10.1 Å². The van der Waals surface area contributed by atoms with Crippen LogP contribution in [0.3, 0.4) is 0 Å². The second-order valence-electron chi connectivity index (χ2n) is 3.19. The van der Waals surface area contributed by atoms with Crippen LogP contribution in [0.5, 0.6) is 0 Å². The highest BCUT2D eigenvalue weighted by molar-refractivity contribution is 9.10. The molecule has 0 bridgehead atoms. The molecule has 0 aliphatic carbocycles. The van der Waals surface area contributed by atoms with Crippen molar-refractivity contribution >= 4 is 45.1 Å². The summed E-state index contributed by atoms with van der Waals surface area (Å²) in [6.07, 6.45) is 1.48. The summed E-state index contributed by atoms with van der Waals surface area (Å²) in [5.74, 6) is -0.486. The van der Waals surface area contributed by atoms with Gasteiger partial charge >= 0.3 is 5.95 Å². The Kier molecular flexibility index (Phi) is 3.79. The largest absolute Gasteiger partial charge is 0.492 e. The lowest BCUT2D eigenvalue weighted by Crippen LogP contribution is -2.04. The lowest BCUT2D eigenvalue weighted by atomic mass is 10.3. The van der Waals surface area contributed by atoms with Gasteiger partial charge in [-0.05, 0) is 16.0 Å². The van der Waals surface area contributed by atoms with E-state index < -0.39 is 10.9 Å². The molecule has 10 heteroatoms. The van der Waals surface area contributed by atoms with Crippen molar-refractivity contribution in [2.75, 3.05) is 0 Å². The second kappa shape index (κ2) is 5.17. The van der Waals surface area contributed by atoms with E-state index in [0.717, 1.165) is 0 Å². The van der Waals surface area contributed by atoms with Gasteiger partial charge in [-0.25, -0.2) is 4.98 Å². The predicted molar refractivity (Wildman–Crippen MR) is 67.7 cm³/mol. The van der Waals surface area contributed by atoms with Crippen molar-refractivity contribution in [3.63, 3.8) is 0 Å². The maximum atomic E-state index is 10.5. The van der Waals surface area contributed by atoms with E-state index in [9.17, 15) is 10.1 Å². The summed E-state index contributed by atoms with van der Waals surface area (Å²) in [4.78, 5) is 17.4. The number of rotatable bonds is 3. The van der Waals surface area contributed by atoms with E-state index in [2.05, 4.69) is 31.0 Å². The van der Waals surface area contributed by atoms with Crippen LogP contribution in [0.2, 0.25) is 10.2 Å². The maximum absolute atomic E-state index is 10.5. The number of nitrogens with zero attached hydrogens (tertiary/aromatic N) is 5. The molecule has 0 spiro atoms. The number of aromatic nitrogens is 4. The van der Waals surface area contributed by atoms with E-state index in [0.29, 0.717) is 10.6 Å². The molecule has 2 heterocycles. The molecular weight excluding hydrogens is 349 g/mol. The molecule has 0 radical (unpaired) electrons. The van der Waals surface area contributed by atoms with Gasteiger partial charge in [0.15, 0.2) is 0 Å². The van der Waals surface area contributed by atoms with Crippen LogP contribution in [0.15, 0.2) is 17.0 Å². The van der Waals surface area contributed by atoms with Crippen LogP contribution in [0.1, 0.15) is 5.56 Å². The quantitative estimate of drug-likeness (QED) is 0.481. The van der Waals surface area contributed by atoms with Crippen molar-refractivity contribution in [2.24, 2.45) is 0 Å². The van der Waals surface area contributed by atoms with Gasteiger partial charge in [0.1, 0.15) is 5.15 Å². The minimum atomic E-state index is -0.678. The molecule has 94 valence electrons. The minimum absolute atomic E-state index is 0.199. The van der Waals surface area contributed by atoms with Crippen molar-refractivity contribution < 1.29 is 4.92 Å². The van der Waals surface area contributed by atoms with Crippen molar-refractivity contribution in [2.45, 2.75) is 6.54 Å². The molecule has 0 atom stereocenters. The topological polar surface area (TPSA) is 86.7 Å². The first kappa shape index (κ1) is 13.2. The van der Waals surface area contributed by atoms with E-state index in [1.165, 1.54) is 16.9 Å². The standard InChI is InChI=1S/C8H4BrCl2N5O2/c9-7-13-8(16(17)18)14-15(7)3-4-2-12-6(11)1-5(4)10/h1-2H,3H2. The Labute approximate surface area is 119 Å². The fourth-order valence-corrected chi connectivity index (χ4v) is 1.99. The fourth-order valence-electron chi connectivity index (χ4n) is 1.20. The molecule has 0 aromatic carbocycles. The van der Waals surface area contributed by atoms with Gasteiger partial charge in [-0.15, -0.1) is 0 Å². The molecule has 0 N–H and O–H groups in total. The zero-order valence-electron chi connectivity index (χ0n) is 8.55. The molecule has 2 aromatic heterocycles. The molecule has 0 saturated carbocycles. The van der Waals surface area contributed by atoms with Crippen LogP contribution in [-0.2, 0) is 6.54 Å². The Balaban J connectivity index is 2.31. The third-order valence-corrected chi connectivity index (χ3v) is 3.14.